The van der Waals surface area contributed by atoms with Gasteiger partial charge in [-0.2, -0.15) is 0 Å². The van der Waals surface area contributed by atoms with Gasteiger partial charge in [0.1, 0.15) is 11.5 Å². The van der Waals surface area contributed by atoms with Crippen molar-refractivity contribution in [2.75, 3.05) is 0 Å². The summed E-state index contributed by atoms with van der Waals surface area (Å²) in [7, 11) is 0. The third kappa shape index (κ3) is 3.54. The lowest BCUT2D eigenvalue weighted by molar-refractivity contribution is 0.592. The maximum atomic E-state index is 6.27. The van der Waals surface area contributed by atoms with Crippen molar-refractivity contribution in [3.63, 3.8) is 0 Å². The summed E-state index contributed by atoms with van der Waals surface area (Å²) in [6.07, 6.45) is 0. The second-order valence-electron chi connectivity index (χ2n) is 5.95. The minimum Gasteiger partial charge on any atom is -0.455 e. The standard InChI is InChI=1S/C23H18OS/c1-17-9-8-14-20(15-17)25-22-16-21(18-10-4-2-5-11-18)24-23(22)19-12-6-3-7-13-19/h2-16H,1H3. The molecule has 1 heterocycles. The minimum absolute atomic E-state index is 0.898. The van der Waals surface area contributed by atoms with Crippen molar-refractivity contribution in [2.45, 2.75) is 16.7 Å². The van der Waals surface area contributed by atoms with Crippen LogP contribution in [0.5, 0.6) is 0 Å². The van der Waals surface area contributed by atoms with Crippen molar-refractivity contribution in [1.82, 2.24) is 0 Å². The molecule has 0 radical (unpaired) electrons. The highest BCUT2D eigenvalue weighted by Crippen LogP contribution is 2.41. The average molecular weight is 342 g/mol. The molecule has 0 saturated carbocycles. The molecule has 0 aliphatic heterocycles. The Balaban J connectivity index is 1.79. The summed E-state index contributed by atoms with van der Waals surface area (Å²) in [4.78, 5) is 2.35. The van der Waals surface area contributed by atoms with Crippen LogP contribution >= 0.6 is 11.8 Å². The second-order valence-corrected chi connectivity index (χ2v) is 7.07. The molecule has 2 heteroatoms. The van der Waals surface area contributed by atoms with E-state index in [1.54, 1.807) is 11.8 Å². The van der Waals surface area contributed by atoms with Gasteiger partial charge in [0.2, 0.25) is 0 Å². The highest BCUT2D eigenvalue weighted by Gasteiger charge is 2.15. The van der Waals surface area contributed by atoms with Gasteiger partial charge in [-0.1, -0.05) is 90.1 Å². The van der Waals surface area contributed by atoms with Gasteiger partial charge in [0.05, 0.1) is 4.90 Å². The lowest BCUT2D eigenvalue weighted by Gasteiger charge is -2.03. The molecule has 4 aromatic rings. The quantitative estimate of drug-likeness (QED) is 0.393. The molecule has 1 nitrogen and oxygen atoms in total. The molecule has 0 fully saturated rings. The number of rotatable bonds is 4. The van der Waals surface area contributed by atoms with E-state index in [0.717, 1.165) is 27.5 Å². The molecule has 3 aromatic carbocycles. The Kier molecular flexibility index (Phi) is 4.45. The third-order valence-electron chi connectivity index (χ3n) is 4.01. The summed E-state index contributed by atoms with van der Waals surface area (Å²) < 4.78 is 6.27. The molecule has 0 spiro atoms. The van der Waals surface area contributed by atoms with Crippen LogP contribution in [0.25, 0.3) is 22.6 Å². The van der Waals surface area contributed by atoms with Gasteiger partial charge in [-0.05, 0) is 25.1 Å². The van der Waals surface area contributed by atoms with Crippen molar-refractivity contribution >= 4 is 11.8 Å². The molecule has 0 N–H and O–H groups in total. The lowest BCUT2D eigenvalue weighted by Crippen LogP contribution is -1.78. The van der Waals surface area contributed by atoms with E-state index in [0.29, 0.717) is 0 Å². The Morgan fingerprint density at radius 3 is 2.04 bits per heavy atom. The Bertz CT molecular complexity index is 971. The lowest BCUT2D eigenvalue weighted by atomic mass is 10.1. The number of hydrogen-bond donors (Lipinski definition) is 0. The second kappa shape index (κ2) is 7.04. The van der Waals surface area contributed by atoms with Gasteiger partial charge in [-0.3, -0.25) is 0 Å². The van der Waals surface area contributed by atoms with E-state index in [2.05, 4.69) is 61.5 Å². The fraction of sp³-hybridized carbons (Fsp3) is 0.0435. The Morgan fingerprint density at radius 1 is 0.680 bits per heavy atom. The van der Waals surface area contributed by atoms with E-state index in [-0.39, 0.29) is 0 Å². The van der Waals surface area contributed by atoms with Gasteiger partial charge in [0, 0.05) is 16.0 Å². The van der Waals surface area contributed by atoms with Crippen LogP contribution in [0.3, 0.4) is 0 Å². The number of furan rings is 1. The Hall–Kier alpha value is -2.71. The molecule has 0 amide bonds. The van der Waals surface area contributed by atoms with E-state index in [1.165, 1.54) is 10.5 Å². The monoisotopic (exact) mass is 342 g/mol. The first-order valence-electron chi connectivity index (χ1n) is 8.29. The molecule has 0 saturated heterocycles. The van der Waals surface area contributed by atoms with E-state index in [4.69, 9.17) is 4.42 Å². The van der Waals surface area contributed by atoms with Crippen molar-refractivity contribution in [3.8, 4) is 22.6 Å². The molecule has 122 valence electrons. The van der Waals surface area contributed by atoms with E-state index in [1.807, 2.05) is 36.4 Å². The topological polar surface area (TPSA) is 13.1 Å². The molecule has 0 unspecified atom stereocenters. The molecule has 0 aliphatic rings. The van der Waals surface area contributed by atoms with Crippen LogP contribution < -0.4 is 0 Å². The molecule has 25 heavy (non-hydrogen) atoms. The van der Waals surface area contributed by atoms with Crippen molar-refractivity contribution in [1.29, 1.82) is 0 Å². The largest absolute Gasteiger partial charge is 0.455 e. The molecule has 1 aromatic heterocycles. The smallest absolute Gasteiger partial charge is 0.148 e. The van der Waals surface area contributed by atoms with Crippen LogP contribution in [0.2, 0.25) is 0 Å². The van der Waals surface area contributed by atoms with Crippen LogP contribution in [0.4, 0.5) is 0 Å². The highest BCUT2D eigenvalue weighted by atomic mass is 32.2. The van der Waals surface area contributed by atoms with E-state index in [9.17, 15) is 0 Å². The summed E-state index contributed by atoms with van der Waals surface area (Å²) in [5, 5.41) is 0. The Morgan fingerprint density at radius 2 is 1.36 bits per heavy atom. The SMILES string of the molecule is Cc1cccc(Sc2cc(-c3ccccc3)oc2-c2ccccc2)c1. The van der Waals surface area contributed by atoms with Gasteiger partial charge >= 0.3 is 0 Å². The minimum atomic E-state index is 0.898. The summed E-state index contributed by atoms with van der Waals surface area (Å²) in [6.45, 7) is 2.12. The van der Waals surface area contributed by atoms with Gasteiger partial charge in [-0.25, -0.2) is 0 Å². The molecule has 0 atom stereocenters. The van der Waals surface area contributed by atoms with Crippen LogP contribution in [-0.4, -0.2) is 0 Å². The fourth-order valence-corrected chi connectivity index (χ4v) is 3.85. The molecule has 0 bridgehead atoms. The van der Waals surface area contributed by atoms with Gasteiger partial charge < -0.3 is 4.42 Å². The van der Waals surface area contributed by atoms with E-state index >= 15 is 0 Å². The van der Waals surface area contributed by atoms with Crippen molar-refractivity contribution in [2.24, 2.45) is 0 Å². The van der Waals surface area contributed by atoms with Crippen LogP contribution in [0.15, 0.2) is 105 Å². The first kappa shape index (κ1) is 15.8. The zero-order valence-electron chi connectivity index (χ0n) is 14.0. The number of hydrogen-bond acceptors (Lipinski definition) is 2. The van der Waals surface area contributed by atoms with Crippen LogP contribution in [0, 0.1) is 6.92 Å². The normalized spacial score (nSPS) is 10.8. The molecule has 0 aliphatic carbocycles. The first-order valence-corrected chi connectivity index (χ1v) is 9.10. The average Bonchev–Trinajstić information content (AvgIpc) is 3.07. The van der Waals surface area contributed by atoms with Crippen LogP contribution in [0.1, 0.15) is 5.56 Å². The predicted octanol–water partition coefficient (Wildman–Crippen LogP) is 7.07. The van der Waals surface area contributed by atoms with Crippen molar-refractivity contribution in [3.05, 3.63) is 96.6 Å². The maximum absolute atomic E-state index is 6.27. The van der Waals surface area contributed by atoms with Gasteiger partial charge in [0.25, 0.3) is 0 Å². The molecule has 4 rings (SSSR count). The van der Waals surface area contributed by atoms with Crippen molar-refractivity contribution < 1.29 is 4.42 Å². The fourth-order valence-electron chi connectivity index (χ4n) is 2.79. The summed E-state index contributed by atoms with van der Waals surface area (Å²) in [6, 6.07) is 31.2. The summed E-state index contributed by atoms with van der Waals surface area (Å²) in [5.74, 6) is 1.82. The summed E-state index contributed by atoms with van der Waals surface area (Å²) >= 11 is 1.74. The first-order chi connectivity index (χ1) is 12.3. The molecular formula is C23H18OS. The Labute approximate surface area is 152 Å². The van der Waals surface area contributed by atoms with Gasteiger partial charge in [0.15, 0.2) is 0 Å². The zero-order valence-corrected chi connectivity index (χ0v) is 14.8. The molecular weight excluding hydrogens is 324 g/mol. The number of benzene rings is 3. The third-order valence-corrected chi connectivity index (χ3v) is 5.02. The zero-order chi connectivity index (χ0) is 17.1. The summed E-state index contributed by atoms with van der Waals surface area (Å²) in [5.41, 5.74) is 3.45. The predicted molar refractivity (Wildman–Crippen MR) is 105 cm³/mol. The van der Waals surface area contributed by atoms with E-state index < -0.39 is 0 Å². The van der Waals surface area contributed by atoms with Crippen LogP contribution in [-0.2, 0) is 0 Å². The maximum Gasteiger partial charge on any atom is 0.148 e. The highest BCUT2D eigenvalue weighted by molar-refractivity contribution is 7.99. The number of aryl methyl sites for hydroxylation is 1. The van der Waals surface area contributed by atoms with Gasteiger partial charge in [-0.15, -0.1) is 0 Å².